The minimum atomic E-state index is -0.956. The SMILES string of the molecule is CC(=O)N(C)C(C(=O)O)C(C)C. The molecule has 0 aliphatic carbocycles. The first-order valence-electron chi connectivity index (χ1n) is 3.84. The van der Waals surface area contributed by atoms with E-state index < -0.39 is 12.0 Å². The van der Waals surface area contributed by atoms with Crippen LogP contribution in [0, 0.1) is 5.92 Å². The Kier molecular flexibility index (Phi) is 3.73. The number of hydrogen-bond donors (Lipinski definition) is 1. The molecule has 0 aromatic heterocycles. The van der Waals surface area contributed by atoms with Crippen LogP contribution in [0.1, 0.15) is 20.8 Å². The number of amides is 1. The molecular formula is C8H15NO3. The third kappa shape index (κ3) is 2.53. The standard InChI is InChI=1S/C8H15NO3/c1-5(2)7(8(11)12)9(4)6(3)10/h5,7H,1-4H3,(H,11,12). The van der Waals surface area contributed by atoms with E-state index in [9.17, 15) is 9.59 Å². The van der Waals surface area contributed by atoms with Crippen molar-refractivity contribution in [2.75, 3.05) is 7.05 Å². The zero-order valence-corrected chi connectivity index (χ0v) is 7.87. The second kappa shape index (κ2) is 4.09. The molecule has 0 fully saturated rings. The van der Waals surface area contributed by atoms with Gasteiger partial charge in [-0.05, 0) is 5.92 Å². The molecule has 0 spiro atoms. The third-order valence-electron chi connectivity index (χ3n) is 1.80. The summed E-state index contributed by atoms with van der Waals surface area (Å²) >= 11 is 0. The van der Waals surface area contributed by atoms with Crippen LogP contribution in [0.5, 0.6) is 0 Å². The summed E-state index contributed by atoms with van der Waals surface area (Å²) in [5.41, 5.74) is 0. The first kappa shape index (κ1) is 10.9. The molecule has 1 unspecified atom stereocenters. The molecule has 0 bridgehead atoms. The summed E-state index contributed by atoms with van der Waals surface area (Å²) in [6.07, 6.45) is 0. The Morgan fingerprint density at radius 3 is 1.83 bits per heavy atom. The molecule has 1 N–H and O–H groups in total. The number of aliphatic carboxylic acids is 1. The van der Waals surface area contributed by atoms with Crippen molar-refractivity contribution in [3.63, 3.8) is 0 Å². The molecule has 0 aliphatic heterocycles. The Morgan fingerprint density at radius 2 is 1.75 bits per heavy atom. The lowest BCUT2D eigenvalue weighted by molar-refractivity contribution is -0.150. The zero-order chi connectivity index (χ0) is 9.89. The van der Waals surface area contributed by atoms with E-state index in [1.807, 2.05) is 0 Å². The van der Waals surface area contributed by atoms with Gasteiger partial charge in [0.15, 0.2) is 0 Å². The topological polar surface area (TPSA) is 57.6 Å². The molecule has 1 atom stereocenters. The molecule has 4 nitrogen and oxygen atoms in total. The highest BCUT2D eigenvalue weighted by molar-refractivity contribution is 5.82. The summed E-state index contributed by atoms with van der Waals surface area (Å²) in [5.74, 6) is -1.25. The van der Waals surface area contributed by atoms with Crippen molar-refractivity contribution in [2.24, 2.45) is 5.92 Å². The molecule has 0 saturated carbocycles. The van der Waals surface area contributed by atoms with E-state index in [0.717, 1.165) is 0 Å². The zero-order valence-electron chi connectivity index (χ0n) is 7.87. The van der Waals surface area contributed by atoms with Gasteiger partial charge in [-0.1, -0.05) is 13.8 Å². The van der Waals surface area contributed by atoms with Gasteiger partial charge < -0.3 is 10.0 Å². The Labute approximate surface area is 72.2 Å². The largest absolute Gasteiger partial charge is 0.480 e. The number of carbonyl (C=O) groups is 2. The molecule has 4 heteroatoms. The monoisotopic (exact) mass is 173 g/mol. The average molecular weight is 173 g/mol. The minimum absolute atomic E-state index is 0.0728. The molecule has 1 amide bonds. The van der Waals surface area contributed by atoms with Gasteiger partial charge in [0.1, 0.15) is 6.04 Å². The first-order valence-corrected chi connectivity index (χ1v) is 3.84. The van der Waals surface area contributed by atoms with Gasteiger partial charge in [0, 0.05) is 14.0 Å². The van der Waals surface area contributed by atoms with Crippen LogP contribution in [-0.2, 0) is 9.59 Å². The molecule has 0 heterocycles. The molecular weight excluding hydrogens is 158 g/mol. The van der Waals surface area contributed by atoms with E-state index in [1.165, 1.54) is 18.9 Å². The highest BCUT2D eigenvalue weighted by atomic mass is 16.4. The third-order valence-corrected chi connectivity index (χ3v) is 1.80. The van der Waals surface area contributed by atoms with Gasteiger partial charge in [0.25, 0.3) is 0 Å². The fraction of sp³-hybridized carbons (Fsp3) is 0.750. The smallest absolute Gasteiger partial charge is 0.326 e. The van der Waals surface area contributed by atoms with Gasteiger partial charge in [-0.2, -0.15) is 0 Å². The number of likely N-dealkylation sites (N-methyl/N-ethyl adjacent to an activating group) is 1. The highest BCUT2D eigenvalue weighted by Gasteiger charge is 2.27. The van der Waals surface area contributed by atoms with E-state index in [2.05, 4.69) is 0 Å². The van der Waals surface area contributed by atoms with Crippen molar-refractivity contribution in [3.8, 4) is 0 Å². The lowest BCUT2D eigenvalue weighted by Gasteiger charge is -2.26. The first-order chi connectivity index (χ1) is 5.37. The summed E-state index contributed by atoms with van der Waals surface area (Å²) in [4.78, 5) is 22.8. The number of carboxylic acid groups (broad SMARTS) is 1. The van der Waals surface area contributed by atoms with Crippen LogP contribution in [0.25, 0.3) is 0 Å². The van der Waals surface area contributed by atoms with Crippen LogP contribution >= 0.6 is 0 Å². The van der Waals surface area contributed by atoms with E-state index >= 15 is 0 Å². The quantitative estimate of drug-likeness (QED) is 0.679. The number of hydrogen-bond acceptors (Lipinski definition) is 2. The van der Waals surface area contributed by atoms with Gasteiger partial charge in [-0.15, -0.1) is 0 Å². The normalized spacial score (nSPS) is 12.8. The number of carboxylic acids is 1. The molecule has 0 radical (unpaired) electrons. The predicted octanol–water partition coefficient (Wildman–Crippen LogP) is 0.574. The van der Waals surface area contributed by atoms with E-state index in [-0.39, 0.29) is 11.8 Å². The van der Waals surface area contributed by atoms with Gasteiger partial charge in [-0.25, -0.2) is 4.79 Å². The molecule has 12 heavy (non-hydrogen) atoms. The molecule has 0 aromatic rings. The van der Waals surface area contributed by atoms with Crippen molar-refractivity contribution in [1.29, 1.82) is 0 Å². The fourth-order valence-corrected chi connectivity index (χ4v) is 1.09. The van der Waals surface area contributed by atoms with Crippen LogP contribution in [0.15, 0.2) is 0 Å². The van der Waals surface area contributed by atoms with Crippen LogP contribution in [-0.4, -0.2) is 35.0 Å². The molecule has 0 aliphatic rings. The van der Waals surface area contributed by atoms with Crippen molar-refractivity contribution < 1.29 is 14.7 Å². The van der Waals surface area contributed by atoms with Crippen molar-refractivity contribution in [1.82, 2.24) is 4.90 Å². The lowest BCUT2D eigenvalue weighted by atomic mass is 10.0. The Hall–Kier alpha value is -1.06. The fourth-order valence-electron chi connectivity index (χ4n) is 1.09. The molecule has 0 rings (SSSR count). The number of rotatable bonds is 3. The Morgan fingerprint density at radius 1 is 1.33 bits per heavy atom. The molecule has 0 aromatic carbocycles. The van der Waals surface area contributed by atoms with Gasteiger partial charge in [0.2, 0.25) is 5.91 Å². The number of carbonyl (C=O) groups excluding carboxylic acids is 1. The van der Waals surface area contributed by atoms with Gasteiger partial charge >= 0.3 is 5.97 Å². The number of nitrogens with zero attached hydrogens (tertiary/aromatic N) is 1. The summed E-state index contributed by atoms with van der Waals surface area (Å²) in [7, 11) is 1.50. The maximum atomic E-state index is 10.9. The maximum Gasteiger partial charge on any atom is 0.326 e. The average Bonchev–Trinajstić information content (AvgIpc) is 1.85. The second-order valence-corrected chi connectivity index (χ2v) is 3.16. The van der Waals surface area contributed by atoms with Crippen LogP contribution < -0.4 is 0 Å². The molecule has 0 saturated heterocycles. The summed E-state index contributed by atoms with van der Waals surface area (Å²) in [6.45, 7) is 4.91. The van der Waals surface area contributed by atoms with Crippen molar-refractivity contribution in [3.05, 3.63) is 0 Å². The Balaban J connectivity index is 4.51. The summed E-state index contributed by atoms with van der Waals surface area (Å²) in [5, 5.41) is 8.77. The highest BCUT2D eigenvalue weighted by Crippen LogP contribution is 2.09. The van der Waals surface area contributed by atoms with Crippen LogP contribution in [0.4, 0.5) is 0 Å². The summed E-state index contributed by atoms with van der Waals surface area (Å²) < 4.78 is 0. The Bertz CT molecular complexity index is 189. The van der Waals surface area contributed by atoms with Crippen molar-refractivity contribution >= 4 is 11.9 Å². The predicted molar refractivity (Wildman–Crippen MR) is 44.7 cm³/mol. The minimum Gasteiger partial charge on any atom is -0.480 e. The van der Waals surface area contributed by atoms with Gasteiger partial charge in [-0.3, -0.25) is 4.79 Å². The summed E-state index contributed by atoms with van der Waals surface area (Å²) in [6, 6.07) is -0.720. The van der Waals surface area contributed by atoms with Gasteiger partial charge in [0.05, 0.1) is 0 Å². The van der Waals surface area contributed by atoms with Crippen LogP contribution in [0.2, 0.25) is 0 Å². The van der Waals surface area contributed by atoms with E-state index in [4.69, 9.17) is 5.11 Å². The van der Waals surface area contributed by atoms with E-state index in [0.29, 0.717) is 0 Å². The van der Waals surface area contributed by atoms with E-state index in [1.54, 1.807) is 13.8 Å². The van der Waals surface area contributed by atoms with Crippen molar-refractivity contribution in [2.45, 2.75) is 26.8 Å². The van der Waals surface area contributed by atoms with Crippen LogP contribution in [0.3, 0.4) is 0 Å². The lowest BCUT2D eigenvalue weighted by Crippen LogP contribution is -2.44. The maximum absolute atomic E-state index is 10.9. The molecule has 70 valence electrons. The second-order valence-electron chi connectivity index (χ2n) is 3.16.